The number of anilines is 2. The second-order valence-electron chi connectivity index (χ2n) is 6.82. The lowest BCUT2D eigenvalue weighted by Crippen LogP contribution is -2.31. The number of nitrogens with zero attached hydrogens (tertiary/aromatic N) is 1. The number of rotatable bonds is 6. The fourth-order valence-corrected chi connectivity index (χ4v) is 3.16. The third kappa shape index (κ3) is 5.34. The lowest BCUT2D eigenvalue weighted by molar-refractivity contribution is -0.122. The number of benzene rings is 2. The van der Waals surface area contributed by atoms with Crippen LogP contribution in [0.25, 0.3) is 0 Å². The standard InChI is InChI=1S/C21H24N4O3.ClH/c1-14-6-8-16(9-7-14)25-13-15(12-19(25)26)20(27)24-18-5-3-2-4-17(18)21(28)23-11-10-22;/h2-9,15H,10-13,22H2,1H3,(H,23,28)(H,24,27);1H. The summed E-state index contributed by atoms with van der Waals surface area (Å²) in [5, 5.41) is 5.50. The highest BCUT2D eigenvalue weighted by Crippen LogP contribution is 2.27. The van der Waals surface area contributed by atoms with E-state index >= 15 is 0 Å². The fraction of sp³-hybridized carbons (Fsp3) is 0.286. The Morgan fingerprint density at radius 3 is 2.52 bits per heavy atom. The molecular formula is C21H25ClN4O3. The Balaban J connectivity index is 0.00000300. The highest BCUT2D eigenvalue weighted by molar-refractivity contribution is 6.07. The van der Waals surface area contributed by atoms with Gasteiger partial charge in [-0.1, -0.05) is 29.8 Å². The van der Waals surface area contributed by atoms with Crippen LogP contribution in [0.2, 0.25) is 0 Å². The number of halogens is 1. The Kier molecular flexibility index (Phi) is 7.75. The number of amides is 3. The number of hydrogen-bond acceptors (Lipinski definition) is 4. The third-order valence-corrected chi connectivity index (χ3v) is 4.70. The first kappa shape index (κ1) is 22.4. The van der Waals surface area contributed by atoms with E-state index in [-0.39, 0.29) is 36.5 Å². The molecule has 0 aromatic heterocycles. The molecule has 0 aliphatic carbocycles. The van der Waals surface area contributed by atoms with Crippen LogP contribution in [0.15, 0.2) is 48.5 Å². The normalized spacial score (nSPS) is 15.6. The van der Waals surface area contributed by atoms with Gasteiger partial charge in [0.25, 0.3) is 5.91 Å². The molecule has 2 aromatic rings. The molecule has 3 rings (SSSR count). The van der Waals surface area contributed by atoms with Gasteiger partial charge in [-0.2, -0.15) is 0 Å². The summed E-state index contributed by atoms with van der Waals surface area (Å²) in [6.07, 6.45) is 0.140. The van der Waals surface area contributed by atoms with E-state index < -0.39 is 5.92 Å². The number of aryl methyl sites for hydroxylation is 1. The van der Waals surface area contributed by atoms with Crippen LogP contribution >= 0.6 is 12.4 Å². The van der Waals surface area contributed by atoms with Crippen molar-refractivity contribution in [3.8, 4) is 0 Å². The number of nitrogens with one attached hydrogen (secondary N) is 2. The lowest BCUT2D eigenvalue weighted by Gasteiger charge is -2.17. The predicted molar refractivity (Wildman–Crippen MR) is 115 cm³/mol. The summed E-state index contributed by atoms with van der Waals surface area (Å²) in [4.78, 5) is 39.0. The topological polar surface area (TPSA) is 105 Å². The van der Waals surface area contributed by atoms with Gasteiger partial charge < -0.3 is 21.3 Å². The minimum atomic E-state index is -0.478. The second-order valence-corrected chi connectivity index (χ2v) is 6.82. The average Bonchev–Trinajstić information content (AvgIpc) is 3.09. The van der Waals surface area contributed by atoms with E-state index in [0.717, 1.165) is 11.3 Å². The van der Waals surface area contributed by atoms with Crippen LogP contribution in [0.5, 0.6) is 0 Å². The molecule has 0 radical (unpaired) electrons. The molecule has 0 bridgehead atoms. The zero-order valence-corrected chi connectivity index (χ0v) is 17.0. The van der Waals surface area contributed by atoms with Gasteiger partial charge in [-0.3, -0.25) is 14.4 Å². The summed E-state index contributed by atoms with van der Waals surface area (Å²) >= 11 is 0. The van der Waals surface area contributed by atoms with E-state index in [1.54, 1.807) is 29.2 Å². The molecule has 4 N–H and O–H groups in total. The Labute approximate surface area is 176 Å². The molecule has 1 atom stereocenters. The second kappa shape index (κ2) is 10.0. The number of hydrogen-bond donors (Lipinski definition) is 3. The zero-order valence-electron chi connectivity index (χ0n) is 16.2. The van der Waals surface area contributed by atoms with Crippen molar-refractivity contribution in [3.05, 3.63) is 59.7 Å². The van der Waals surface area contributed by atoms with E-state index in [1.165, 1.54) is 0 Å². The van der Waals surface area contributed by atoms with Gasteiger partial charge in [0.05, 0.1) is 17.2 Å². The number of carbonyl (C=O) groups excluding carboxylic acids is 3. The maximum atomic E-state index is 12.7. The van der Waals surface area contributed by atoms with Crippen LogP contribution in [-0.4, -0.2) is 37.4 Å². The largest absolute Gasteiger partial charge is 0.351 e. The molecule has 2 aromatic carbocycles. The molecule has 7 nitrogen and oxygen atoms in total. The first-order valence-corrected chi connectivity index (χ1v) is 9.25. The molecular weight excluding hydrogens is 392 g/mol. The van der Waals surface area contributed by atoms with E-state index in [1.807, 2.05) is 31.2 Å². The van der Waals surface area contributed by atoms with Crippen molar-refractivity contribution >= 4 is 41.5 Å². The van der Waals surface area contributed by atoms with Gasteiger partial charge in [0.2, 0.25) is 11.8 Å². The molecule has 0 spiro atoms. The molecule has 8 heteroatoms. The monoisotopic (exact) mass is 416 g/mol. The maximum Gasteiger partial charge on any atom is 0.253 e. The van der Waals surface area contributed by atoms with Gasteiger partial charge in [0.1, 0.15) is 0 Å². The Bertz CT molecular complexity index is 886. The molecule has 1 aliphatic heterocycles. The van der Waals surface area contributed by atoms with Crippen molar-refractivity contribution in [1.29, 1.82) is 0 Å². The van der Waals surface area contributed by atoms with Crippen molar-refractivity contribution in [2.45, 2.75) is 13.3 Å². The summed E-state index contributed by atoms with van der Waals surface area (Å²) in [6, 6.07) is 14.4. The van der Waals surface area contributed by atoms with Crippen molar-refractivity contribution in [2.24, 2.45) is 11.7 Å². The van der Waals surface area contributed by atoms with E-state index in [2.05, 4.69) is 10.6 Å². The summed E-state index contributed by atoms with van der Waals surface area (Å²) in [5.41, 5.74) is 8.09. The minimum absolute atomic E-state index is 0. The molecule has 1 unspecified atom stereocenters. The Hall–Kier alpha value is -2.90. The van der Waals surface area contributed by atoms with Gasteiger partial charge >= 0.3 is 0 Å². The molecule has 29 heavy (non-hydrogen) atoms. The predicted octanol–water partition coefficient (Wildman–Crippen LogP) is 2.10. The molecule has 3 amide bonds. The molecule has 1 aliphatic rings. The number of nitrogens with two attached hydrogens (primary N) is 1. The van der Waals surface area contributed by atoms with Gasteiger partial charge in [-0.15, -0.1) is 12.4 Å². The third-order valence-electron chi connectivity index (χ3n) is 4.70. The number of carbonyl (C=O) groups is 3. The van der Waals surface area contributed by atoms with Gasteiger partial charge in [0, 0.05) is 31.7 Å². The highest BCUT2D eigenvalue weighted by Gasteiger charge is 2.35. The van der Waals surface area contributed by atoms with Crippen molar-refractivity contribution in [2.75, 3.05) is 29.9 Å². The molecule has 1 fully saturated rings. The van der Waals surface area contributed by atoms with Crippen molar-refractivity contribution in [1.82, 2.24) is 5.32 Å². The van der Waals surface area contributed by atoms with E-state index in [4.69, 9.17) is 5.73 Å². The molecule has 1 saturated heterocycles. The van der Waals surface area contributed by atoms with Gasteiger partial charge in [-0.05, 0) is 31.2 Å². The van der Waals surface area contributed by atoms with Gasteiger partial charge in [0.15, 0.2) is 0 Å². The maximum absolute atomic E-state index is 12.7. The lowest BCUT2D eigenvalue weighted by atomic mass is 10.1. The van der Waals surface area contributed by atoms with Crippen LogP contribution in [-0.2, 0) is 9.59 Å². The number of para-hydroxylation sites is 1. The molecule has 154 valence electrons. The summed E-state index contributed by atoms with van der Waals surface area (Å²) < 4.78 is 0. The van der Waals surface area contributed by atoms with Gasteiger partial charge in [-0.25, -0.2) is 0 Å². The SMILES string of the molecule is Cc1ccc(N2CC(C(=O)Nc3ccccc3C(=O)NCCN)CC2=O)cc1.Cl. The van der Waals surface area contributed by atoms with Crippen molar-refractivity contribution < 1.29 is 14.4 Å². The average molecular weight is 417 g/mol. The minimum Gasteiger partial charge on any atom is -0.351 e. The quantitative estimate of drug-likeness (QED) is 0.670. The molecule has 1 heterocycles. The van der Waals surface area contributed by atoms with E-state index in [0.29, 0.717) is 30.9 Å². The Morgan fingerprint density at radius 1 is 1.14 bits per heavy atom. The van der Waals surface area contributed by atoms with Crippen LogP contribution in [0.1, 0.15) is 22.3 Å². The van der Waals surface area contributed by atoms with Crippen LogP contribution in [0.3, 0.4) is 0 Å². The fourth-order valence-electron chi connectivity index (χ4n) is 3.16. The van der Waals surface area contributed by atoms with Crippen molar-refractivity contribution in [3.63, 3.8) is 0 Å². The Morgan fingerprint density at radius 2 is 1.83 bits per heavy atom. The van der Waals surface area contributed by atoms with Crippen LogP contribution in [0, 0.1) is 12.8 Å². The first-order valence-electron chi connectivity index (χ1n) is 9.25. The summed E-state index contributed by atoms with van der Waals surface area (Å²) in [6.45, 7) is 2.98. The zero-order chi connectivity index (χ0) is 20.1. The highest BCUT2D eigenvalue weighted by atomic mass is 35.5. The summed E-state index contributed by atoms with van der Waals surface area (Å²) in [5.74, 6) is -1.14. The van der Waals surface area contributed by atoms with E-state index in [9.17, 15) is 14.4 Å². The molecule has 0 saturated carbocycles. The summed E-state index contributed by atoms with van der Waals surface area (Å²) in [7, 11) is 0. The van der Waals surface area contributed by atoms with Crippen LogP contribution in [0.4, 0.5) is 11.4 Å². The first-order chi connectivity index (χ1) is 13.5. The smallest absolute Gasteiger partial charge is 0.253 e. The van der Waals surface area contributed by atoms with Crippen LogP contribution < -0.4 is 21.3 Å².